The van der Waals surface area contributed by atoms with Crippen molar-refractivity contribution in [1.29, 1.82) is 0 Å². The highest BCUT2D eigenvalue weighted by atomic mass is 28.4. The van der Waals surface area contributed by atoms with E-state index in [1.807, 2.05) is 18.2 Å². The molecule has 3 atom stereocenters. The molecule has 1 N–H and O–H groups in total. The third kappa shape index (κ3) is 4.89. The predicted molar refractivity (Wildman–Crippen MR) is 96.9 cm³/mol. The van der Waals surface area contributed by atoms with Gasteiger partial charge in [0.05, 0.1) is 24.9 Å². The van der Waals surface area contributed by atoms with Crippen LogP contribution in [0.1, 0.15) is 45.6 Å². The van der Waals surface area contributed by atoms with Crippen LogP contribution < -0.4 is 0 Å². The first-order valence-corrected chi connectivity index (χ1v) is 11.6. The van der Waals surface area contributed by atoms with Gasteiger partial charge in [0.25, 0.3) is 0 Å². The van der Waals surface area contributed by atoms with Crippen LogP contribution in [0.15, 0.2) is 30.3 Å². The van der Waals surface area contributed by atoms with Gasteiger partial charge in [0.1, 0.15) is 0 Å². The van der Waals surface area contributed by atoms with Gasteiger partial charge in [-0.05, 0) is 43.0 Å². The van der Waals surface area contributed by atoms with Gasteiger partial charge in [-0.15, -0.1) is 0 Å². The Morgan fingerprint density at radius 1 is 1.13 bits per heavy atom. The van der Waals surface area contributed by atoms with Crippen molar-refractivity contribution in [3.8, 4) is 0 Å². The average molecular weight is 337 g/mol. The SMILES string of the molecule is CC(C)(C)[Si](C)(C)O[C@@H]1[C@H](O)CCC[C@H]1OCc1ccccc1. The second-order valence-electron chi connectivity index (χ2n) is 8.18. The highest BCUT2D eigenvalue weighted by Crippen LogP contribution is 2.39. The molecule has 0 radical (unpaired) electrons. The number of benzene rings is 1. The van der Waals surface area contributed by atoms with Gasteiger partial charge in [0.2, 0.25) is 0 Å². The minimum absolute atomic E-state index is 0.0203. The van der Waals surface area contributed by atoms with Crippen LogP contribution in [0.4, 0.5) is 0 Å². The molecular weight excluding hydrogens is 304 g/mol. The zero-order valence-corrected chi connectivity index (χ0v) is 16.2. The van der Waals surface area contributed by atoms with Gasteiger partial charge in [0.15, 0.2) is 8.32 Å². The number of hydrogen-bond acceptors (Lipinski definition) is 3. The molecule has 0 bridgehead atoms. The Bertz CT molecular complexity index is 481. The largest absolute Gasteiger partial charge is 0.409 e. The van der Waals surface area contributed by atoms with Crippen LogP contribution in [0.2, 0.25) is 18.1 Å². The zero-order chi connectivity index (χ0) is 17.1. The van der Waals surface area contributed by atoms with E-state index < -0.39 is 14.4 Å². The molecule has 130 valence electrons. The summed E-state index contributed by atoms with van der Waals surface area (Å²) in [5.74, 6) is 0. The van der Waals surface area contributed by atoms with E-state index >= 15 is 0 Å². The van der Waals surface area contributed by atoms with E-state index in [2.05, 4.69) is 46.0 Å². The van der Waals surface area contributed by atoms with Crippen molar-refractivity contribution in [1.82, 2.24) is 0 Å². The maximum atomic E-state index is 10.5. The lowest BCUT2D eigenvalue weighted by molar-refractivity contribution is -0.111. The minimum Gasteiger partial charge on any atom is -0.409 e. The molecule has 23 heavy (non-hydrogen) atoms. The molecule has 0 unspecified atom stereocenters. The third-order valence-electron chi connectivity index (χ3n) is 5.28. The number of rotatable bonds is 5. The van der Waals surface area contributed by atoms with E-state index in [1.54, 1.807) is 0 Å². The fourth-order valence-electron chi connectivity index (χ4n) is 2.73. The van der Waals surface area contributed by atoms with E-state index in [4.69, 9.17) is 9.16 Å². The van der Waals surface area contributed by atoms with Gasteiger partial charge in [-0.2, -0.15) is 0 Å². The topological polar surface area (TPSA) is 38.7 Å². The smallest absolute Gasteiger partial charge is 0.192 e. The minimum atomic E-state index is -1.92. The number of ether oxygens (including phenoxy) is 1. The summed E-state index contributed by atoms with van der Waals surface area (Å²) in [5, 5.41) is 10.6. The molecule has 4 heteroatoms. The van der Waals surface area contributed by atoms with Crippen LogP contribution in [0, 0.1) is 0 Å². The molecule has 0 aromatic heterocycles. The molecule has 0 amide bonds. The van der Waals surface area contributed by atoms with Gasteiger partial charge in [0, 0.05) is 0 Å². The summed E-state index contributed by atoms with van der Waals surface area (Å²) in [5.41, 5.74) is 1.17. The van der Waals surface area contributed by atoms with E-state index in [0.717, 1.165) is 19.3 Å². The number of hydrogen-bond donors (Lipinski definition) is 1. The second-order valence-corrected chi connectivity index (χ2v) is 12.9. The Kier molecular flexibility index (Phi) is 6.06. The van der Waals surface area contributed by atoms with Gasteiger partial charge in [-0.3, -0.25) is 0 Å². The lowest BCUT2D eigenvalue weighted by Gasteiger charge is -2.44. The molecule has 1 fully saturated rings. The van der Waals surface area contributed by atoms with Crippen LogP contribution in [0.3, 0.4) is 0 Å². The molecule has 1 saturated carbocycles. The maximum absolute atomic E-state index is 10.5. The lowest BCUT2D eigenvalue weighted by Crippen LogP contribution is -2.53. The summed E-state index contributed by atoms with van der Waals surface area (Å²) in [6.45, 7) is 11.7. The lowest BCUT2D eigenvalue weighted by atomic mass is 9.92. The van der Waals surface area contributed by atoms with E-state index in [-0.39, 0.29) is 17.2 Å². The molecule has 1 aromatic carbocycles. The Hall–Kier alpha value is -0.683. The van der Waals surface area contributed by atoms with Crippen molar-refractivity contribution in [2.75, 3.05) is 0 Å². The highest BCUT2D eigenvalue weighted by Gasteiger charge is 2.44. The molecule has 0 saturated heterocycles. The molecule has 1 aliphatic carbocycles. The quantitative estimate of drug-likeness (QED) is 0.804. The molecule has 1 aliphatic rings. The second kappa shape index (κ2) is 7.47. The van der Waals surface area contributed by atoms with Crippen molar-refractivity contribution < 1.29 is 14.3 Å². The first-order chi connectivity index (χ1) is 10.7. The molecule has 0 aliphatic heterocycles. The molecular formula is C19H32O3Si. The summed E-state index contributed by atoms with van der Waals surface area (Å²) < 4.78 is 12.7. The summed E-state index contributed by atoms with van der Waals surface area (Å²) in [4.78, 5) is 0. The maximum Gasteiger partial charge on any atom is 0.192 e. The molecule has 0 spiro atoms. The molecule has 2 rings (SSSR count). The number of aliphatic hydroxyl groups excluding tert-OH is 1. The summed E-state index contributed by atoms with van der Waals surface area (Å²) in [7, 11) is -1.92. The highest BCUT2D eigenvalue weighted by molar-refractivity contribution is 6.74. The normalized spacial score (nSPS) is 26.3. The fraction of sp³-hybridized carbons (Fsp3) is 0.684. The fourth-order valence-corrected chi connectivity index (χ4v) is 4.07. The molecule has 3 nitrogen and oxygen atoms in total. The van der Waals surface area contributed by atoms with Gasteiger partial charge in [-0.25, -0.2) is 0 Å². The van der Waals surface area contributed by atoms with Crippen LogP contribution in [0.5, 0.6) is 0 Å². The van der Waals surface area contributed by atoms with Crippen LogP contribution in [0.25, 0.3) is 0 Å². The summed E-state index contributed by atoms with van der Waals surface area (Å²) in [6.07, 6.45) is 2.13. The van der Waals surface area contributed by atoms with Crippen LogP contribution in [-0.4, -0.2) is 31.7 Å². The molecule has 0 heterocycles. The zero-order valence-electron chi connectivity index (χ0n) is 15.2. The van der Waals surface area contributed by atoms with Gasteiger partial charge < -0.3 is 14.3 Å². The van der Waals surface area contributed by atoms with Gasteiger partial charge >= 0.3 is 0 Å². The van der Waals surface area contributed by atoms with Crippen molar-refractivity contribution in [3.05, 3.63) is 35.9 Å². The van der Waals surface area contributed by atoms with Crippen molar-refractivity contribution >= 4 is 8.32 Å². The predicted octanol–water partition coefficient (Wildman–Crippen LogP) is 4.51. The van der Waals surface area contributed by atoms with Gasteiger partial charge in [-0.1, -0.05) is 51.1 Å². The molecule has 1 aromatic rings. The Labute approximate surface area is 142 Å². The van der Waals surface area contributed by atoms with Crippen LogP contribution in [-0.2, 0) is 15.8 Å². The Morgan fingerprint density at radius 2 is 1.78 bits per heavy atom. The van der Waals surface area contributed by atoms with Crippen molar-refractivity contribution in [3.63, 3.8) is 0 Å². The third-order valence-corrected chi connectivity index (χ3v) is 9.75. The average Bonchev–Trinajstić information content (AvgIpc) is 2.48. The summed E-state index contributed by atoms with van der Waals surface area (Å²) in [6, 6.07) is 10.2. The Morgan fingerprint density at radius 3 is 2.39 bits per heavy atom. The van der Waals surface area contributed by atoms with Crippen LogP contribution >= 0.6 is 0 Å². The van der Waals surface area contributed by atoms with E-state index in [9.17, 15) is 5.11 Å². The van der Waals surface area contributed by atoms with E-state index in [1.165, 1.54) is 5.56 Å². The Balaban J connectivity index is 2.04. The summed E-state index contributed by atoms with van der Waals surface area (Å²) >= 11 is 0. The first kappa shape index (κ1) is 18.7. The van der Waals surface area contributed by atoms with E-state index in [0.29, 0.717) is 6.61 Å². The number of aliphatic hydroxyl groups is 1. The standard InChI is InChI=1S/C19H32O3Si/c1-19(2,3)23(4,5)22-18-16(20)12-9-13-17(18)21-14-15-10-7-6-8-11-15/h6-8,10-11,16-18,20H,9,12-14H2,1-5H3/t16-,17-,18-/m1/s1. The van der Waals surface area contributed by atoms with Crippen molar-refractivity contribution in [2.24, 2.45) is 0 Å². The monoisotopic (exact) mass is 336 g/mol. The first-order valence-electron chi connectivity index (χ1n) is 8.72. The van der Waals surface area contributed by atoms with Crippen molar-refractivity contribution in [2.45, 2.75) is 83.1 Å².